The number of fused-ring (bicyclic) bond motifs is 2. The van der Waals surface area contributed by atoms with Gasteiger partial charge in [0.15, 0.2) is 0 Å². The summed E-state index contributed by atoms with van der Waals surface area (Å²) in [5.74, 6) is 0.829. The van der Waals surface area contributed by atoms with Gasteiger partial charge in [-0.25, -0.2) is 9.97 Å². The highest BCUT2D eigenvalue weighted by molar-refractivity contribution is 6.02. The fraction of sp³-hybridized carbons (Fsp3) is 0.667. The first-order chi connectivity index (χ1) is 13.9. The molecule has 3 saturated heterocycles. The van der Waals surface area contributed by atoms with Gasteiger partial charge in [-0.05, 0) is 44.9 Å². The lowest BCUT2D eigenvalue weighted by molar-refractivity contribution is -0.140. The molecule has 4 rings (SSSR count). The van der Waals surface area contributed by atoms with Crippen molar-refractivity contribution in [3.63, 3.8) is 0 Å². The van der Waals surface area contributed by atoms with Gasteiger partial charge in [0.1, 0.15) is 11.6 Å². The van der Waals surface area contributed by atoms with Crippen LogP contribution in [0.15, 0.2) is 6.07 Å². The molecule has 0 radical (unpaired) electrons. The lowest BCUT2D eigenvalue weighted by Crippen LogP contribution is -2.48. The van der Waals surface area contributed by atoms with Gasteiger partial charge in [0.2, 0.25) is 17.7 Å². The Morgan fingerprint density at radius 2 is 1.83 bits per heavy atom. The molecule has 8 nitrogen and oxygen atoms in total. The predicted molar refractivity (Wildman–Crippen MR) is 107 cm³/mol. The number of carbonyl (C=O) groups excluding carboxylic acids is 3. The summed E-state index contributed by atoms with van der Waals surface area (Å²) in [6.07, 6.45) is 5.42. The van der Waals surface area contributed by atoms with Gasteiger partial charge >= 0.3 is 0 Å². The topological polar surface area (TPSA) is 104 Å². The minimum atomic E-state index is -0.537. The van der Waals surface area contributed by atoms with Gasteiger partial charge in [-0.15, -0.1) is 0 Å². The number of rotatable bonds is 5. The molecule has 0 aliphatic carbocycles. The normalized spacial score (nSPS) is 27.1. The number of nitrogens with zero attached hydrogens (tertiary/aromatic N) is 3. The van der Waals surface area contributed by atoms with Crippen LogP contribution in [-0.4, -0.2) is 46.3 Å². The van der Waals surface area contributed by atoms with Crippen LogP contribution < -0.4 is 15.5 Å². The van der Waals surface area contributed by atoms with Crippen molar-refractivity contribution in [2.45, 2.75) is 70.9 Å². The second kappa shape index (κ2) is 8.08. The largest absolute Gasteiger partial charge is 0.356 e. The van der Waals surface area contributed by atoms with E-state index < -0.39 is 5.92 Å². The lowest BCUT2D eigenvalue weighted by Gasteiger charge is -2.40. The number of hydrogen-bond donors (Lipinski definition) is 2. The van der Waals surface area contributed by atoms with Crippen molar-refractivity contribution in [3.05, 3.63) is 17.6 Å². The summed E-state index contributed by atoms with van der Waals surface area (Å²) in [7, 11) is 0. The Kier molecular flexibility index (Phi) is 5.52. The molecule has 3 atom stereocenters. The van der Waals surface area contributed by atoms with Gasteiger partial charge < -0.3 is 10.2 Å². The van der Waals surface area contributed by atoms with Crippen LogP contribution in [0.5, 0.6) is 0 Å². The van der Waals surface area contributed by atoms with Gasteiger partial charge in [-0.1, -0.05) is 6.92 Å². The Morgan fingerprint density at radius 3 is 2.45 bits per heavy atom. The first kappa shape index (κ1) is 19.8. The van der Waals surface area contributed by atoms with E-state index in [1.807, 2.05) is 6.92 Å². The molecule has 0 aromatic carbocycles. The van der Waals surface area contributed by atoms with E-state index in [0.29, 0.717) is 24.5 Å². The summed E-state index contributed by atoms with van der Waals surface area (Å²) >= 11 is 0. The molecule has 2 N–H and O–H groups in total. The third-order valence-corrected chi connectivity index (χ3v) is 6.41. The summed E-state index contributed by atoms with van der Waals surface area (Å²) < 4.78 is 0. The highest BCUT2D eigenvalue weighted by Crippen LogP contribution is 2.41. The lowest BCUT2D eigenvalue weighted by atomic mass is 9.90. The quantitative estimate of drug-likeness (QED) is 0.723. The van der Waals surface area contributed by atoms with Gasteiger partial charge in [0.05, 0.1) is 5.92 Å². The molecular weight excluding hydrogens is 370 g/mol. The van der Waals surface area contributed by atoms with E-state index in [9.17, 15) is 14.4 Å². The van der Waals surface area contributed by atoms with Crippen LogP contribution >= 0.6 is 0 Å². The number of nitrogens with one attached hydrogen (secondary N) is 2. The zero-order chi connectivity index (χ0) is 20.5. The molecule has 2 bridgehead atoms. The van der Waals surface area contributed by atoms with Crippen molar-refractivity contribution < 1.29 is 14.4 Å². The van der Waals surface area contributed by atoms with Crippen molar-refractivity contribution >= 4 is 23.5 Å². The molecule has 3 aliphatic rings. The monoisotopic (exact) mass is 399 g/mol. The van der Waals surface area contributed by atoms with Gasteiger partial charge in [0.25, 0.3) is 0 Å². The fourth-order valence-electron chi connectivity index (χ4n) is 5.11. The molecular formula is C21H29N5O3. The fourth-order valence-corrected chi connectivity index (χ4v) is 5.11. The average molecular weight is 399 g/mol. The minimum absolute atomic E-state index is 0.0914. The Labute approximate surface area is 170 Å². The van der Waals surface area contributed by atoms with E-state index in [1.54, 1.807) is 0 Å². The van der Waals surface area contributed by atoms with Crippen molar-refractivity contribution in [1.29, 1.82) is 0 Å². The average Bonchev–Trinajstić information content (AvgIpc) is 2.95. The zero-order valence-corrected chi connectivity index (χ0v) is 17.1. The Hall–Kier alpha value is -2.51. The number of aryl methyl sites for hydroxylation is 2. The van der Waals surface area contributed by atoms with Crippen molar-refractivity contribution in [3.8, 4) is 0 Å². The number of carbonyl (C=O) groups is 3. The summed E-state index contributed by atoms with van der Waals surface area (Å²) in [6, 6.07) is 3.00. The second-order valence-corrected chi connectivity index (χ2v) is 8.57. The molecule has 3 amide bonds. The highest BCUT2D eigenvalue weighted by Gasteiger charge is 2.41. The molecule has 8 heteroatoms. The second-order valence-electron chi connectivity index (χ2n) is 8.57. The number of hydrogen-bond acceptors (Lipinski definition) is 6. The number of imide groups is 1. The van der Waals surface area contributed by atoms with E-state index in [2.05, 4.69) is 33.5 Å². The van der Waals surface area contributed by atoms with E-state index in [-0.39, 0.29) is 30.6 Å². The van der Waals surface area contributed by atoms with E-state index >= 15 is 0 Å². The van der Waals surface area contributed by atoms with Gasteiger partial charge in [-0.2, -0.15) is 0 Å². The molecule has 3 aliphatic heterocycles. The third kappa shape index (κ3) is 4.26. The van der Waals surface area contributed by atoms with Crippen LogP contribution in [0.3, 0.4) is 0 Å². The van der Waals surface area contributed by atoms with E-state index in [0.717, 1.165) is 49.4 Å². The first-order valence-electron chi connectivity index (χ1n) is 10.7. The number of aromatic nitrogens is 2. The minimum Gasteiger partial charge on any atom is -0.356 e. The molecule has 1 aromatic rings. The van der Waals surface area contributed by atoms with E-state index in [4.69, 9.17) is 4.98 Å². The standard InChI is InChI=1S/C21H29N5O3/c1-3-15-10-18(24-12(2)23-15)26-16-4-5-17(26)7-13(6-16)11-22-21(29)14-8-19(27)25-20(28)9-14/h10,13-14,16-17H,3-9,11H2,1-2H3,(H,22,29)(H,25,27,28)/t13?,16-,17+. The highest BCUT2D eigenvalue weighted by atomic mass is 16.2. The third-order valence-electron chi connectivity index (χ3n) is 6.41. The molecule has 1 unspecified atom stereocenters. The summed E-state index contributed by atoms with van der Waals surface area (Å²) in [5.41, 5.74) is 1.08. The van der Waals surface area contributed by atoms with Crippen LogP contribution in [0.4, 0.5) is 5.82 Å². The predicted octanol–water partition coefficient (Wildman–Crippen LogP) is 1.26. The molecule has 0 spiro atoms. The summed E-state index contributed by atoms with van der Waals surface area (Å²) in [6.45, 7) is 4.66. The maximum atomic E-state index is 12.4. The Morgan fingerprint density at radius 1 is 1.17 bits per heavy atom. The van der Waals surface area contributed by atoms with Crippen LogP contribution in [-0.2, 0) is 20.8 Å². The van der Waals surface area contributed by atoms with Gasteiger partial charge in [0, 0.05) is 43.2 Å². The first-order valence-corrected chi connectivity index (χ1v) is 10.7. The van der Waals surface area contributed by atoms with Crippen molar-refractivity contribution in [2.24, 2.45) is 11.8 Å². The summed E-state index contributed by atoms with van der Waals surface area (Å²) in [4.78, 5) is 47.1. The number of piperidine rings is 2. The number of anilines is 1. The molecule has 156 valence electrons. The molecule has 1 aromatic heterocycles. The van der Waals surface area contributed by atoms with Crippen LogP contribution in [0.2, 0.25) is 0 Å². The van der Waals surface area contributed by atoms with Crippen molar-refractivity contribution in [2.75, 3.05) is 11.4 Å². The molecule has 3 fully saturated rings. The Bertz CT molecular complexity index is 797. The molecule has 4 heterocycles. The van der Waals surface area contributed by atoms with E-state index in [1.165, 1.54) is 0 Å². The molecule has 0 saturated carbocycles. The summed E-state index contributed by atoms with van der Waals surface area (Å²) in [5, 5.41) is 5.25. The SMILES string of the molecule is CCc1cc(N2[C@@H]3CC[C@H]2CC(CNC(=O)C2CC(=O)NC(=O)C2)C3)nc(C)n1. The molecule has 29 heavy (non-hydrogen) atoms. The maximum Gasteiger partial charge on any atom is 0.227 e. The smallest absolute Gasteiger partial charge is 0.227 e. The van der Waals surface area contributed by atoms with Gasteiger partial charge in [-0.3, -0.25) is 19.7 Å². The van der Waals surface area contributed by atoms with Crippen LogP contribution in [0, 0.1) is 18.8 Å². The number of amides is 3. The Balaban J connectivity index is 1.36. The zero-order valence-electron chi connectivity index (χ0n) is 17.1. The van der Waals surface area contributed by atoms with Crippen LogP contribution in [0.1, 0.15) is 57.0 Å². The van der Waals surface area contributed by atoms with Crippen LogP contribution in [0.25, 0.3) is 0 Å². The van der Waals surface area contributed by atoms with Crippen molar-refractivity contribution in [1.82, 2.24) is 20.6 Å². The maximum absolute atomic E-state index is 12.4.